The molecule has 2 aliphatic heterocycles. The van der Waals surface area contributed by atoms with Crippen LogP contribution in [-0.2, 0) is 21.0 Å². The number of aromatic amines is 1. The van der Waals surface area contributed by atoms with Crippen LogP contribution >= 0.6 is 18.7 Å². The van der Waals surface area contributed by atoms with Crippen molar-refractivity contribution in [3.8, 4) is 11.5 Å². The number of aromatic nitrogens is 2. The molecule has 0 radical (unpaired) electrons. The third-order valence-electron chi connectivity index (χ3n) is 13.2. The summed E-state index contributed by atoms with van der Waals surface area (Å²) in [5.74, 6) is -1.18. The normalized spacial score (nSPS) is 18.6. The fraction of sp³-hybridized carbons (Fsp3) is 0.417. The fourth-order valence-corrected chi connectivity index (χ4v) is 12.0. The van der Waals surface area contributed by atoms with Crippen molar-refractivity contribution < 1.29 is 31.8 Å². The Hall–Kier alpha value is -5.12. The number of ether oxygens (including phenoxy) is 1. The van der Waals surface area contributed by atoms with Gasteiger partial charge in [-0.25, -0.2) is 18.1 Å². The lowest BCUT2D eigenvalue weighted by molar-refractivity contribution is -0.385. The molecule has 5 aromatic rings. The van der Waals surface area contributed by atoms with Crippen LogP contribution in [0.2, 0.25) is 5.02 Å². The van der Waals surface area contributed by atoms with Gasteiger partial charge in [0.1, 0.15) is 17.1 Å². The number of nitrogens with zero attached hydrogens (tertiary/aromatic N) is 5. The van der Waals surface area contributed by atoms with Gasteiger partial charge in [0.2, 0.25) is 0 Å². The van der Waals surface area contributed by atoms with Gasteiger partial charge in [-0.1, -0.05) is 49.2 Å². The molecule has 2 N–H and O–H groups in total. The number of pyridine rings is 1. The molecule has 0 bridgehead atoms. The first-order chi connectivity index (χ1) is 31.4. The van der Waals surface area contributed by atoms with Gasteiger partial charge in [0.15, 0.2) is 0 Å². The van der Waals surface area contributed by atoms with E-state index in [0.29, 0.717) is 56.4 Å². The number of halogens is 2. The lowest BCUT2D eigenvalue weighted by atomic mass is 9.72. The Bertz CT molecular complexity index is 2800. The number of carbonyl (C=O) groups is 1. The number of rotatable bonds is 15. The molecule has 1 amide bonds. The van der Waals surface area contributed by atoms with E-state index in [9.17, 15) is 32.3 Å². The van der Waals surface area contributed by atoms with Gasteiger partial charge in [-0.3, -0.25) is 24.2 Å². The zero-order valence-corrected chi connectivity index (χ0v) is 39.9. The zero-order chi connectivity index (χ0) is 46.8. The number of allylic oxidation sites excluding steroid dienone is 1. The highest BCUT2D eigenvalue weighted by atomic mass is 35.5. The van der Waals surface area contributed by atoms with Crippen molar-refractivity contribution in [3.63, 3.8) is 0 Å². The predicted molar refractivity (Wildman–Crippen MR) is 258 cm³/mol. The van der Waals surface area contributed by atoms with E-state index in [1.807, 2.05) is 23.1 Å². The highest BCUT2D eigenvalue weighted by Gasteiger charge is 2.32. The summed E-state index contributed by atoms with van der Waals surface area (Å²) in [4.78, 5) is 39.2. The first-order valence-electron chi connectivity index (χ1n) is 22.3. The minimum Gasteiger partial charge on any atom is -0.455 e. The Balaban J connectivity index is 0.993. The SMILES string of the molecule is CC1(C)CCC(CN2CCN(c3ccc(C(=O)NS(=O)(=O)c4ccc(CC(CF)CN5CCP(C)(=O)CC5)c([N+](=O)[O-])c4)c(Oc4cnc5[nH]ccc5c4)c3)CC2)=C(c2ccc(Cl)cc2)C1. The lowest BCUT2D eigenvalue weighted by Crippen LogP contribution is -2.47. The quantitative estimate of drug-likeness (QED) is 0.0582. The summed E-state index contributed by atoms with van der Waals surface area (Å²) >= 11 is 6.24. The number of amides is 1. The molecule has 66 heavy (non-hydrogen) atoms. The first kappa shape index (κ1) is 47.4. The molecular weight excluding hydrogens is 904 g/mol. The van der Waals surface area contributed by atoms with Crippen LogP contribution in [0.15, 0.2) is 95.7 Å². The number of nitrogens with one attached hydrogen (secondary N) is 2. The van der Waals surface area contributed by atoms with Crippen LogP contribution < -0.4 is 14.4 Å². The first-order valence-corrected chi connectivity index (χ1v) is 26.7. The van der Waals surface area contributed by atoms with Crippen molar-refractivity contribution in [2.75, 3.05) is 82.9 Å². The van der Waals surface area contributed by atoms with Crippen LogP contribution in [0.1, 0.15) is 54.6 Å². The summed E-state index contributed by atoms with van der Waals surface area (Å²) in [6.07, 6.45) is 7.46. The number of fused-ring (bicyclic) bond motifs is 1. The second kappa shape index (κ2) is 19.6. The van der Waals surface area contributed by atoms with Crippen molar-refractivity contribution in [1.82, 2.24) is 24.5 Å². The largest absolute Gasteiger partial charge is 0.455 e. The molecule has 8 rings (SSSR count). The summed E-state index contributed by atoms with van der Waals surface area (Å²) in [6, 6.07) is 20.1. The van der Waals surface area contributed by atoms with Crippen LogP contribution in [0.3, 0.4) is 0 Å². The molecule has 3 aromatic carbocycles. The number of H-pyrrole nitrogens is 1. The highest BCUT2D eigenvalue weighted by Crippen LogP contribution is 2.44. The number of piperazine rings is 1. The third-order valence-corrected chi connectivity index (χ3v) is 17.0. The minimum absolute atomic E-state index is 0.00683. The monoisotopic (exact) mass is 959 g/mol. The number of benzene rings is 3. The van der Waals surface area contributed by atoms with E-state index < -0.39 is 51.2 Å². The number of sulfonamides is 1. The fourth-order valence-electron chi connectivity index (χ4n) is 9.23. The van der Waals surface area contributed by atoms with Crippen molar-refractivity contribution in [2.24, 2.45) is 11.3 Å². The topological polar surface area (TPSA) is 171 Å². The number of nitro groups is 1. The smallest absolute Gasteiger partial charge is 0.273 e. The lowest BCUT2D eigenvalue weighted by Gasteiger charge is -2.39. The molecule has 2 aromatic heterocycles. The predicted octanol–water partition coefficient (Wildman–Crippen LogP) is 9.26. The molecule has 1 aliphatic carbocycles. The van der Waals surface area contributed by atoms with E-state index in [2.05, 4.69) is 50.5 Å². The van der Waals surface area contributed by atoms with Gasteiger partial charge in [-0.15, -0.1) is 0 Å². The molecule has 4 heterocycles. The summed E-state index contributed by atoms with van der Waals surface area (Å²) in [7, 11) is -6.85. The highest BCUT2D eigenvalue weighted by molar-refractivity contribution is 7.90. The van der Waals surface area contributed by atoms with Gasteiger partial charge in [-0.2, -0.15) is 0 Å². The molecule has 2 fully saturated rings. The van der Waals surface area contributed by atoms with Gasteiger partial charge in [0, 0.05) is 111 Å². The number of hydrogen-bond donors (Lipinski definition) is 2. The average molecular weight is 961 g/mol. The van der Waals surface area contributed by atoms with E-state index in [4.69, 9.17) is 16.3 Å². The minimum atomic E-state index is -4.65. The van der Waals surface area contributed by atoms with Crippen LogP contribution in [0, 0.1) is 21.4 Å². The van der Waals surface area contributed by atoms with E-state index in [0.717, 1.165) is 61.1 Å². The summed E-state index contributed by atoms with van der Waals surface area (Å²) < 4.78 is 62.7. The molecule has 1 unspecified atom stereocenters. The van der Waals surface area contributed by atoms with Crippen molar-refractivity contribution in [3.05, 3.63) is 123 Å². The van der Waals surface area contributed by atoms with E-state index >= 15 is 0 Å². The van der Waals surface area contributed by atoms with Crippen LogP contribution in [0.4, 0.5) is 15.8 Å². The second-order valence-corrected chi connectivity index (χ2v) is 24.4. The Morgan fingerprint density at radius 2 is 1.76 bits per heavy atom. The second-order valence-electron chi connectivity index (χ2n) is 18.8. The Morgan fingerprint density at radius 3 is 2.47 bits per heavy atom. The Morgan fingerprint density at radius 1 is 1.02 bits per heavy atom. The van der Waals surface area contributed by atoms with Crippen molar-refractivity contribution in [2.45, 2.75) is 44.4 Å². The standard InChI is InChI=1S/C48H56ClFN7O7PS/c1-48(2)14-12-37(43(28-48)34-4-7-38(49)8-5-34)32-54-16-18-56(19-17-54)39-9-11-42(45(26-39)64-40-25-36-13-15-51-46(36)52-30-40)47(58)53-66(62,63)41-10-6-35(44(27-41)57(59)60)24-33(29-50)31-55-20-22-65(3,61)23-21-55/h4-11,13,15,25-27,30,33H,12,14,16-24,28-29,31-32H2,1-3H3,(H,51,52)(H,53,58). The number of carbonyl (C=O) groups excluding carboxylic acids is 1. The maximum Gasteiger partial charge on any atom is 0.273 e. The zero-order valence-electron chi connectivity index (χ0n) is 37.5. The molecule has 2 saturated heterocycles. The van der Waals surface area contributed by atoms with Crippen LogP contribution in [-0.4, -0.2) is 117 Å². The van der Waals surface area contributed by atoms with Crippen molar-refractivity contribution in [1.29, 1.82) is 0 Å². The van der Waals surface area contributed by atoms with Gasteiger partial charge in [0.25, 0.3) is 21.6 Å². The molecule has 3 aliphatic rings. The number of hydrogen-bond acceptors (Lipinski definition) is 11. The number of alkyl halides is 1. The van der Waals surface area contributed by atoms with Gasteiger partial charge in [-0.05, 0) is 91.4 Å². The van der Waals surface area contributed by atoms with E-state index in [1.165, 1.54) is 41.1 Å². The summed E-state index contributed by atoms with van der Waals surface area (Å²) in [5, 5.41) is 13.8. The Kier molecular flexibility index (Phi) is 14.1. The summed E-state index contributed by atoms with van der Waals surface area (Å²) in [6.45, 7) is 11.0. The number of nitro benzene ring substituents is 1. The maximum atomic E-state index is 14.3. The average Bonchev–Trinajstić information content (AvgIpc) is 3.76. The molecule has 350 valence electrons. The number of anilines is 1. The summed E-state index contributed by atoms with van der Waals surface area (Å²) in [5.41, 5.74) is 5.29. The third kappa shape index (κ3) is 11.3. The van der Waals surface area contributed by atoms with Gasteiger partial charge < -0.3 is 24.1 Å². The van der Waals surface area contributed by atoms with E-state index in [1.54, 1.807) is 31.1 Å². The molecular formula is C48H56ClFN7O7PS. The molecule has 1 atom stereocenters. The van der Waals surface area contributed by atoms with Crippen LogP contribution in [0.5, 0.6) is 11.5 Å². The van der Waals surface area contributed by atoms with Gasteiger partial charge in [0.05, 0.1) is 35.4 Å². The van der Waals surface area contributed by atoms with E-state index in [-0.39, 0.29) is 28.7 Å². The van der Waals surface area contributed by atoms with Gasteiger partial charge >= 0.3 is 0 Å². The molecule has 0 spiro atoms. The van der Waals surface area contributed by atoms with Crippen molar-refractivity contribution >= 4 is 62.7 Å². The maximum absolute atomic E-state index is 14.3. The molecule has 18 heteroatoms. The Labute approximate surface area is 390 Å². The van der Waals surface area contributed by atoms with Crippen LogP contribution in [0.25, 0.3) is 16.6 Å². The molecule has 0 saturated carbocycles. The molecule has 14 nitrogen and oxygen atoms in total.